The van der Waals surface area contributed by atoms with Gasteiger partial charge in [-0.15, -0.1) is 0 Å². The SMILES string of the molecule is CC(N)C1=C[C@@H](O)[C@@H](O)[C@H](O)C1. The maximum absolute atomic E-state index is 9.26. The molecule has 0 bridgehead atoms. The number of rotatable bonds is 1. The van der Waals surface area contributed by atoms with Crippen LogP contribution in [-0.4, -0.2) is 39.7 Å². The van der Waals surface area contributed by atoms with Crippen LogP contribution in [0.2, 0.25) is 0 Å². The normalized spacial score (nSPS) is 39.1. The molecule has 1 aliphatic rings. The highest BCUT2D eigenvalue weighted by Crippen LogP contribution is 2.20. The molecular formula is C8H15NO3. The van der Waals surface area contributed by atoms with Gasteiger partial charge in [-0.25, -0.2) is 0 Å². The van der Waals surface area contributed by atoms with Crippen molar-refractivity contribution in [1.29, 1.82) is 0 Å². The molecule has 1 rings (SSSR count). The Labute approximate surface area is 71.3 Å². The molecular weight excluding hydrogens is 158 g/mol. The summed E-state index contributed by atoms with van der Waals surface area (Å²) >= 11 is 0. The number of aliphatic hydroxyl groups is 3. The van der Waals surface area contributed by atoms with Crippen LogP contribution in [-0.2, 0) is 0 Å². The first-order valence-corrected chi connectivity index (χ1v) is 4.02. The zero-order valence-corrected chi connectivity index (χ0v) is 7.01. The molecule has 4 heteroatoms. The van der Waals surface area contributed by atoms with E-state index < -0.39 is 18.3 Å². The predicted molar refractivity (Wildman–Crippen MR) is 44.4 cm³/mol. The van der Waals surface area contributed by atoms with E-state index in [0.717, 1.165) is 5.57 Å². The fourth-order valence-corrected chi connectivity index (χ4v) is 1.31. The summed E-state index contributed by atoms with van der Waals surface area (Å²) in [7, 11) is 0. The number of hydrogen-bond acceptors (Lipinski definition) is 4. The molecule has 0 saturated carbocycles. The smallest absolute Gasteiger partial charge is 0.110 e. The molecule has 0 aliphatic heterocycles. The summed E-state index contributed by atoms with van der Waals surface area (Å²) in [5.41, 5.74) is 6.36. The van der Waals surface area contributed by atoms with E-state index in [0.29, 0.717) is 6.42 Å². The third-order valence-electron chi connectivity index (χ3n) is 2.16. The van der Waals surface area contributed by atoms with Gasteiger partial charge < -0.3 is 21.1 Å². The Morgan fingerprint density at radius 1 is 1.50 bits per heavy atom. The molecule has 4 nitrogen and oxygen atoms in total. The minimum Gasteiger partial charge on any atom is -0.390 e. The first kappa shape index (κ1) is 9.67. The second kappa shape index (κ2) is 3.53. The van der Waals surface area contributed by atoms with Crippen molar-refractivity contribution in [3.8, 4) is 0 Å². The number of hydrogen-bond donors (Lipinski definition) is 4. The minimum atomic E-state index is -1.08. The molecule has 0 aromatic carbocycles. The fraction of sp³-hybridized carbons (Fsp3) is 0.750. The third kappa shape index (κ3) is 1.84. The van der Waals surface area contributed by atoms with Crippen molar-refractivity contribution in [2.45, 2.75) is 37.7 Å². The van der Waals surface area contributed by atoms with Crippen LogP contribution in [0, 0.1) is 0 Å². The summed E-state index contributed by atoms with van der Waals surface area (Å²) < 4.78 is 0. The van der Waals surface area contributed by atoms with E-state index >= 15 is 0 Å². The topological polar surface area (TPSA) is 86.7 Å². The second-order valence-electron chi connectivity index (χ2n) is 3.28. The highest BCUT2D eigenvalue weighted by molar-refractivity contribution is 5.18. The van der Waals surface area contributed by atoms with Gasteiger partial charge in [0.05, 0.1) is 6.10 Å². The van der Waals surface area contributed by atoms with Crippen molar-refractivity contribution in [2.75, 3.05) is 0 Å². The largest absolute Gasteiger partial charge is 0.390 e. The van der Waals surface area contributed by atoms with Gasteiger partial charge >= 0.3 is 0 Å². The summed E-state index contributed by atoms with van der Waals surface area (Å²) in [5, 5.41) is 27.6. The van der Waals surface area contributed by atoms with Crippen LogP contribution in [0.5, 0.6) is 0 Å². The lowest BCUT2D eigenvalue weighted by atomic mass is 9.89. The van der Waals surface area contributed by atoms with Gasteiger partial charge in [0.2, 0.25) is 0 Å². The van der Waals surface area contributed by atoms with Gasteiger partial charge in [0.1, 0.15) is 12.2 Å². The molecule has 0 aromatic rings. The van der Waals surface area contributed by atoms with E-state index in [1.807, 2.05) is 0 Å². The predicted octanol–water partition coefficient (Wildman–Crippen LogP) is -1.25. The van der Waals surface area contributed by atoms with Crippen LogP contribution in [0.25, 0.3) is 0 Å². The Hall–Kier alpha value is -0.420. The Morgan fingerprint density at radius 2 is 2.08 bits per heavy atom. The second-order valence-corrected chi connectivity index (χ2v) is 3.28. The Balaban J connectivity index is 2.74. The minimum absolute atomic E-state index is 0.179. The van der Waals surface area contributed by atoms with Crippen molar-refractivity contribution in [3.63, 3.8) is 0 Å². The molecule has 1 unspecified atom stereocenters. The van der Waals surface area contributed by atoms with Crippen LogP contribution < -0.4 is 5.73 Å². The van der Waals surface area contributed by atoms with Crippen LogP contribution in [0.15, 0.2) is 11.6 Å². The van der Waals surface area contributed by atoms with Gasteiger partial charge in [0, 0.05) is 6.04 Å². The number of aliphatic hydroxyl groups excluding tert-OH is 3. The monoisotopic (exact) mass is 173 g/mol. The average molecular weight is 173 g/mol. The highest BCUT2D eigenvalue weighted by Gasteiger charge is 2.29. The van der Waals surface area contributed by atoms with Crippen LogP contribution >= 0.6 is 0 Å². The molecule has 5 N–H and O–H groups in total. The van der Waals surface area contributed by atoms with Gasteiger partial charge in [-0.3, -0.25) is 0 Å². The maximum Gasteiger partial charge on any atom is 0.110 e. The van der Waals surface area contributed by atoms with E-state index in [4.69, 9.17) is 10.8 Å². The maximum atomic E-state index is 9.26. The van der Waals surface area contributed by atoms with Crippen molar-refractivity contribution in [1.82, 2.24) is 0 Å². The zero-order chi connectivity index (χ0) is 9.30. The summed E-state index contributed by atoms with van der Waals surface area (Å²) in [6.45, 7) is 1.78. The van der Waals surface area contributed by atoms with Crippen molar-refractivity contribution in [2.24, 2.45) is 5.73 Å². The Kier molecular flexibility index (Phi) is 2.85. The quantitative estimate of drug-likeness (QED) is 0.373. The lowest BCUT2D eigenvalue weighted by molar-refractivity contribution is -0.0481. The van der Waals surface area contributed by atoms with E-state index in [1.54, 1.807) is 6.92 Å². The summed E-state index contributed by atoms with van der Waals surface area (Å²) in [4.78, 5) is 0. The molecule has 12 heavy (non-hydrogen) atoms. The molecule has 0 spiro atoms. The lowest BCUT2D eigenvalue weighted by Gasteiger charge is -2.29. The third-order valence-corrected chi connectivity index (χ3v) is 2.16. The molecule has 70 valence electrons. The van der Waals surface area contributed by atoms with Crippen LogP contribution in [0.1, 0.15) is 13.3 Å². The summed E-state index contributed by atoms with van der Waals surface area (Å²) in [6, 6.07) is -0.179. The summed E-state index contributed by atoms with van der Waals surface area (Å²) in [6.07, 6.45) is -1.11. The molecule has 4 atom stereocenters. The van der Waals surface area contributed by atoms with E-state index in [-0.39, 0.29) is 6.04 Å². The molecule has 0 fully saturated rings. The van der Waals surface area contributed by atoms with Gasteiger partial charge in [-0.05, 0) is 13.3 Å². The first-order valence-electron chi connectivity index (χ1n) is 4.02. The standard InChI is InChI=1S/C8H15NO3/c1-4(9)5-2-6(10)8(12)7(11)3-5/h2,4,6-8,10-12H,3,9H2,1H3/t4?,6-,7-,8-/m1/s1. The van der Waals surface area contributed by atoms with Gasteiger partial charge in [0.25, 0.3) is 0 Å². The molecule has 0 radical (unpaired) electrons. The van der Waals surface area contributed by atoms with Crippen molar-refractivity contribution >= 4 is 0 Å². The van der Waals surface area contributed by atoms with Gasteiger partial charge in [0.15, 0.2) is 0 Å². The molecule has 0 amide bonds. The van der Waals surface area contributed by atoms with E-state index in [2.05, 4.69) is 0 Å². The Morgan fingerprint density at radius 3 is 2.50 bits per heavy atom. The van der Waals surface area contributed by atoms with Crippen molar-refractivity contribution in [3.05, 3.63) is 11.6 Å². The van der Waals surface area contributed by atoms with Crippen LogP contribution in [0.3, 0.4) is 0 Å². The average Bonchev–Trinajstić information content (AvgIpc) is 1.99. The zero-order valence-electron chi connectivity index (χ0n) is 7.01. The number of nitrogens with two attached hydrogens (primary N) is 1. The highest BCUT2D eigenvalue weighted by atomic mass is 16.4. The Bertz CT molecular complexity index is 191. The summed E-state index contributed by atoms with van der Waals surface area (Å²) in [5.74, 6) is 0. The van der Waals surface area contributed by atoms with E-state index in [9.17, 15) is 10.2 Å². The molecule has 0 aromatic heterocycles. The first-order chi connectivity index (χ1) is 5.52. The molecule has 0 saturated heterocycles. The molecule has 0 heterocycles. The van der Waals surface area contributed by atoms with Gasteiger partial charge in [-0.1, -0.05) is 11.6 Å². The van der Waals surface area contributed by atoms with Crippen molar-refractivity contribution < 1.29 is 15.3 Å². The van der Waals surface area contributed by atoms with E-state index in [1.165, 1.54) is 6.08 Å². The lowest BCUT2D eigenvalue weighted by Crippen LogP contribution is -2.42. The molecule has 1 aliphatic carbocycles. The van der Waals surface area contributed by atoms with Crippen LogP contribution in [0.4, 0.5) is 0 Å². The fourth-order valence-electron chi connectivity index (χ4n) is 1.31. The van der Waals surface area contributed by atoms with Gasteiger partial charge in [-0.2, -0.15) is 0 Å².